The molecule has 1 saturated carbocycles. The van der Waals surface area contributed by atoms with E-state index in [2.05, 4.69) is 10.3 Å². The molecule has 2 aromatic heterocycles. The molecule has 2 aromatic rings. The molecule has 140 valence electrons. The van der Waals surface area contributed by atoms with Crippen LogP contribution < -0.4 is 5.32 Å². The van der Waals surface area contributed by atoms with Gasteiger partial charge in [0.15, 0.2) is 5.69 Å². The van der Waals surface area contributed by atoms with Gasteiger partial charge in [-0.15, -0.1) is 0 Å². The lowest BCUT2D eigenvalue weighted by Gasteiger charge is -2.17. The van der Waals surface area contributed by atoms with Gasteiger partial charge >= 0.3 is 0 Å². The molecule has 0 bridgehead atoms. The lowest BCUT2D eigenvalue weighted by Crippen LogP contribution is -2.35. The van der Waals surface area contributed by atoms with E-state index in [1.165, 1.54) is 12.8 Å². The molecule has 6 nitrogen and oxygen atoms in total. The third-order valence-corrected chi connectivity index (χ3v) is 5.20. The highest BCUT2D eigenvalue weighted by molar-refractivity contribution is 6.02. The Hall–Kier alpha value is -2.37. The van der Waals surface area contributed by atoms with E-state index < -0.39 is 0 Å². The maximum Gasteiger partial charge on any atom is 0.287 e. The average molecular weight is 356 g/mol. The number of nitrogens with one attached hydrogen (secondary N) is 1. The van der Waals surface area contributed by atoms with Gasteiger partial charge in [-0.05, 0) is 38.8 Å². The van der Waals surface area contributed by atoms with Crippen LogP contribution in [0.25, 0.3) is 5.52 Å². The quantitative estimate of drug-likeness (QED) is 0.836. The van der Waals surface area contributed by atoms with Crippen LogP contribution in [0.5, 0.6) is 0 Å². The average Bonchev–Trinajstić information content (AvgIpc) is 2.86. The van der Waals surface area contributed by atoms with E-state index in [1.807, 2.05) is 32.0 Å². The van der Waals surface area contributed by atoms with Gasteiger partial charge in [-0.2, -0.15) is 0 Å². The Morgan fingerprint density at radius 2 is 1.85 bits per heavy atom. The molecule has 0 atom stereocenters. The van der Waals surface area contributed by atoms with Gasteiger partial charge in [0.1, 0.15) is 0 Å². The second kappa shape index (κ2) is 8.34. The lowest BCUT2D eigenvalue weighted by molar-refractivity contribution is 0.0769. The predicted octanol–water partition coefficient (Wildman–Crippen LogP) is 3.27. The zero-order valence-electron chi connectivity index (χ0n) is 15.7. The molecule has 26 heavy (non-hydrogen) atoms. The zero-order chi connectivity index (χ0) is 18.5. The Bertz CT molecular complexity index is 771. The number of carbonyl (C=O) groups is 2. The van der Waals surface area contributed by atoms with Gasteiger partial charge in [0.25, 0.3) is 11.8 Å². The number of hydrogen-bond acceptors (Lipinski definition) is 3. The Kier molecular flexibility index (Phi) is 5.91. The highest BCUT2D eigenvalue weighted by atomic mass is 16.2. The number of hydrogen-bond donors (Lipinski definition) is 1. The van der Waals surface area contributed by atoms with Crippen molar-refractivity contribution in [3.8, 4) is 0 Å². The maximum absolute atomic E-state index is 12.9. The molecule has 0 unspecified atom stereocenters. The largest absolute Gasteiger partial charge is 0.347 e. The Morgan fingerprint density at radius 1 is 1.15 bits per heavy atom. The fourth-order valence-corrected chi connectivity index (χ4v) is 3.69. The second-order valence-corrected chi connectivity index (χ2v) is 6.88. The van der Waals surface area contributed by atoms with Crippen LogP contribution in [0.2, 0.25) is 0 Å². The van der Waals surface area contributed by atoms with E-state index in [0.717, 1.165) is 25.7 Å². The van der Waals surface area contributed by atoms with Crippen LogP contribution in [-0.2, 0) is 0 Å². The van der Waals surface area contributed by atoms with E-state index >= 15 is 0 Å². The van der Waals surface area contributed by atoms with Gasteiger partial charge in [-0.3, -0.25) is 14.0 Å². The minimum atomic E-state index is -0.198. The number of nitrogens with zero attached hydrogens (tertiary/aromatic N) is 3. The monoisotopic (exact) mass is 356 g/mol. The highest BCUT2D eigenvalue weighted by Crippen LogP contribution is 2.19. The second-order valence-electron chi connectivity index (χ2n) is 6.88. The molecule has 1 N–H and O–H groups in total. The minimum absolute atomic E-state index is 0.132. The summed E-state index contributed by atoms with van der Waals surface area (Å²) >= 11 is 0. The third-order valence-electron chi connectivity index (χ3n) is 5.20. The molecule has 2 amide bonds. The summed E-state index contributed by atoms with van der Waals surface area (Å²) in [5.74, 6) is -0.0377. The van der Waals surface area contributed by atoms with Gasteiger partial charge in [-0.25, -0.2) is 4.98 Å². The van der Waals surface area contributed by atoms with E-state index in [0.29, 0.717) is 30.1 Å². The zero-order valence-corrected chi connectivity index (χ0v) is 15.7. The molecule has 0 spiro atoms. The summed E-state index contributed by atoms with van der Waals surface area (Å²) in [6.45, 7) is 5.12. The summed E-state index contributed by atoms with van der Waals surface area (Å²) in [4.78, 5) is 31.9. The highest BCUT2D eigenvalue weighted by Gasteiger charge is 2.25. The van der Waals surface area contributed by atoms with Crippen LogP contribution in [0.1, 0.15) is 73.5 Å². The number of fused-ring (bicyclic) bond motifs is 1. The molecular weight excluding hydrogens is 328 g/mol. The number of carbonyl (C=O) groups excluding carboxylic acids is 2. The van der Waals surface area contributed by atoms with Crippen molar-refractivity contribution >= 4 is 17.3 Å². The van der Waals surface area contributed by atoms with Gasteiger partial charge in [0, 0.05) is 25.3 Å². The first kappa shape index (κ1) is 18.4. The van der Waals surface area contributed by atoms with E-state index in [1.54, 1.807) is 15.5 Å². The molecule has 2 heterocycles. The summed E-state index contributed by atoms with van der Waals surface area (Å²) < 4.78 is 1.72. The number of rotatable bonds is 5. The van der Waals surface area contributed by atoms with Crippen LogP contribution in [0.3, 0.4) is 0 Å². The lowest BCUT2D eigenvalue weighted by atomic mass is 10.1. The summed E-state index contributed by atoms with van der Waals surface area (Å²) in [5.41, 5.74) is 1.02. The van der Waals surface area contributed by atoms with Gasteiger partial charge in [-0.1, -0.05) is 31.7 Å². The molecule has 1 aliphatic rings. The Labute approximate surface area is 154 Å². The van der Waals surface area contributed by atoms with Crippen molar-refractivity contribution in [1.29, 1.82) is 0 Å². The third kappa shape index (κ3) is 3.74. The van der Waals surface area contributed by atoms with Crippen molar-refractivity contribution in [2.24, 2.45) is 0 Å². The van der Waals surface area contributed by atoms with Crippen LogP contribution in [0, 0.1) is 0 Å². The normalized spacial score (nSPS) is 15.6. The summed E-state index contributed by atoms with van der Waals surface area (Å²) in [5, 5.41) is 3.13. The molecule has 3 rings (SSSR count). The number of pyridine rings is 1. The molecule has 1 aliphatic carbocycles. The summed E-state index contributed by atoms with van der Waals surface area (Å²) in [6.07, 6.45) is 8.60. The topological polar surface area (TPSA) is 66.7 Å². The van der Waals surface area contributed by atoms with E-state index in [9.17, 15) is 9.59 Å². The fourth-order valence-electron chi connectivity index (χ4n) is 3.69. The first-order valence-corrected chi connectivity index (χ1v) is 9.72. The number of aromatic nitrogens is 2. The van der Waals surface area contributed by atoms with Crippen LogP contribution in [0.15, 0.2) is 24.4 Å². The van der Waals surface area contributed by atoms with E-state index in [-0.39, 0.29) is 17.9 Å². The van der Waals surface area contributed by atoms with Crippen molar-refractivity contribution < 1.29 is 9.59 Å². The fraction of sp³-hybridized carbons (Fsp3) is 0.550. The molecule has 0 aliphatic heterocycles. The SMILES string of the molecule is CCN(CC)C(=O)c1nc(C(=O)NC2CCCCCC2)n2ccccc12. The molecule has 6 heteroatoms. The number of imidazole rings is 1. The van der Waals surface area contributed by atoms with Crippen molar-refractivity contribution in [2.75, 3.05) is 13.1 Å². The van der Waals surface area contributed by atoms with E-state index in [4.69, 9.17) is 0 Å². The molecule has 0 aromatic carbocycles. The predicted molar refractivity (Wildman–Crippen MR) is 101 cm³/mol. The molecule has 0 radical (unpaired) electrons. The smallest absolute Gasteiger partial charge is 0.287 e. The van der Waals surface area contributed by atoms with Crippen LogP contribution in [0.4, 0.5) is 0 Å². The van der Waals surface area contributed by atoms with Crippen molar-refractivity contribution in [3.63, 3.8) is 0 Å². The number of amides is 2. The van der Waals surface area contributed by atoms with Gasteiger partial charge in [0.05, 0.1) is 5.52 Å². The van der Waals surface area contributed by atoms with Crippen LogP contribution >= 0.6 is 0 Å². The van der Waals surface area contributed by atoms with Gasteiger partial charge in [0.2, 0.25) is 5.82 Å². The summed E-state index contributed by atoms with van der Waals surface area (Å²) in [7, 11) is 0. The van der Waals surface area contributed by atoms with Crippen molar-refractivity contribution in [1.82, 2.24) is 19.6 Å². The first-order valence-electron chi connectivity index (χ1n) is 9.72. The molecule has 1 fully saturated rings. The molecular formula is C20H28N4O2. The Morgan fingerprint density at radius 3 is 2.50 bits per heavy atom. The minimum Gasteiger partial charge on any atom is -0.347 e. The Balaban J connectivity index is 1.91. The maximum atomic E-state index is 12.9. The standard InChI is InChI=1S/C20H28N4O2/c1-3-23(4-2)20(26)17-16-13-9-10-14-24(16)18(22-17)19(25)21-15-11-7-5-6-8-12-15/h9-10,13-15H,3-8,11-12H2,1-2H3,(H,21,25). The van der Waals surface area contributed by atoms with Crippen molar-refractivity contribution in [2.45, 2.75) is 58.4 Å². The van der Waals surface area contributed by atoms with Crippen LogP contribution in [-0.4, -0.2) is 45.2 Å². The summed E-state index contributed by atoms with van der Waals surface area (Å²) in [6, 6.07) is 5.75. The van der Waals surface area contributed by atoms with Crippen molar-refractivity contribution in [3.05, 3.63) is 35.9 Å². The molecule has 0 saturated heterocycles. The van der Waals surface area contributed by atoms with Gasteiger partial charge < -0.3 is 10.2 Å². The first-order chi connectivity index (χ1) is 12.7.